The highest BCUT2D eigenvalue weighted by atomic mass is 79.9. The number of rotatable bonds is 5. The van der Waals surface area contributed by atoms with Gasteiger partial charge in [0.1, 0.15) is 5.82 Å². The monoisotopic (exact) mass is 561 g/mol. The number of carbonyl (C=O) groups is 1. The SMILES string of the molecule is N#Cc1ccc2c(c1)c1c(n2C(=O)NCc2ccnc(F)c2)CCN(C/C=C/c2ccc(Br)cc2F)C1. The van der Waals surface area contributed by atoms with Crippen LogP contribution < -0.4 is 5.32 Å². The van der Waals surface area contributed by atoms with Gasteiger partial charge >= 0.3 is 6.03 Å². The van der Waals surface area contributed by atoms with Crippen molar-refractivity contribution in [2.24, 2.45) is 0 Å². The van der Waals surface area contributed by atoms with Gasteiger partial charge in [-0.3, -0.25) is 9.47 Å². The lowest BCUT2D eigenvalue weighted by Crippen LogP contribution is -2.34. The molecule has 1 N–H and O–H groups in total. The fraction of sp³-hybridized carbons (Fsp3) is 0.179. The molecule has 1 aliphatic heterocycles. The normalized spacial score (nSPS) is 13.6. The largest absolute Gasteiger partial charge is 0.333 e. The molecule has 4 aromatic rings. The van der Waals surface area contributed by atoms with Crippen LogP contribution in [0.4, 0.5) is 13.6 Å². The molecular formula is C28H22BrF2N5O. The third-order valence-corrected chi connectivity index (χ3v) is 6.91. The molecule has 6 nitrogen and oxygen atoms in total. The zero-order valence-corrected chi connectivity index (χ0v) is 21.3. The third kappa shape index (κ3) is 5.31. The van der Waals surface area contributed by atoms with E-state index in [-0.39, 0.29) is 18.4 Å². The van der Waals surface area contributed by atoms with Crippen LogP contribution in [0.15, 0.2) is 65.3 Å². The van der Waals surface area contributed by atoms with Crippen molar-refractivity contribution in [2.75, 3.05) is 13.1 Å². The number of hydrogen-bond donors (Lipinski definition) is 1. The number of benzene rings is 2. The van der Waals surface area contributed by atoms with Crippen molar-refractivity contribution in [3.8, 4) is 6.07 Å². The zero-order valence-electron chi connectivity index (χ0n) is 19.7. The minimum Gasteiger partial charge on any atom is -0.333 e. The van der Waals surface area contributed by atoms with Crippen molar-refractivity contribution >= 4 is 38.9 Å². The fourth-order valence-corrected chi connectivity index (χ4v) is 4.98. The van der Waals surface area contributed by atoms with Gasteiger partial charge in [0.2, 0.25) is 5.95 Å². The summed E-state index contributed by atoms with van der Waals surface area (Å²) in [6.45, 7) is 2.07. The first-order valence-corrected chi connectivity index (χ1v) is 12.5. The van der Waals surface area contributed by atoms with Crippen LogP contribution in [-0.4, -0.2) is 33.6 Å². The van der Waals surface area contributed by atoms with E-state index in [1.165, 1.54) is 18.3 Å². The summed E-state index contributed by atoms with van der Waals surface area (Å²) in [6, 6.07) is 15.1. The van der Waals surface area contributed by atoms with Gasteiger partial charge in [-0.05, 0) is 53.6 Å². The average Bonchev–Trinajstić information content (AvgIpc) is 3.21. The zero-order chi connectivity index (χ0) is 25.9. The topological polar surface area (TPSA) is 74.0 Å². The van der Waals surface area contributed by atoms with Crippen LogP contribution in [0.5, 0.6) is 0 Å². The molecule has 2 aromatic carbocycles. The van der Waals surface area contributed by atoms with Crippen molar-refractivity contribution in [3.63, 3.8) is 0 Å². The Balaban J connectivity index is 1.39. The van der Waals surface area contributed by atoms with Crippen molar-refractivity contribution in [3.05, 3.63) is 105 Å². The van der Waals surface area contributed by atoms with E-state index in [0.717, 1.165) is 22.2 Å². The van der Waals surface area contributed by atoms with Crippen LogP contribution in [-0.2, 0) is 19.5 Å². The quantitative estimate of drug-likeness (QED) is 0.313. The summed E-state index contributed by atoms with van der Waals surface area (Å²) in [6.07, 6.45) is 5.69. The van der Waals surface area contributed by atoms with Gasteiger partial charge in [-0.2, -0.15) is 9.65 Å². The van der Waals surface area contributed by atoms with Crippen LogP contribution in [0.25, 0.3) is 17.0 Å². The number of carbonyl (C=O) groups excluding carboxylic acids is 1. The van der Waals surface area contributed by atoms with E-state index in [1.807, 2.05) is 12.1 Å². The van der Waals surface area contributed by atoms with Gasteiger partial charge in [0.05, 0.1) is 17.1 Å². The number of amides is 1. The number of hydrogen-bond acceptors (Lipinski definition) is 4. The molecule has 0 aliphatic carbocycles. The molecule has 3 heterocycles. The Morgan fingerprint density at radius 2 is 2.05 bits per heavy atom. The molecule has 1 aliphatic rings. The predicted octanol–water partition coefficient (Wildman–Crippen LogP) is 5.78. The first-order valence-electron chi connectivity index (χ1n) is 11.7. The van der Waals surface area contributed by atoms with Gasteiger partial charge < -0.3 is 5.32 Å². The molecule has 2 aromatic heterocycles. The van der Waals surface area contributed by atoms with E-state index in [1.54, 1.807) is 41.0 Å². The van der Waals surface area contributed by atoms with Gasteiger partial charge in [-0.1, -0.05) is 34.1 Å². The Labute approximate surface area is 221 Å². The van der Waals surface area contributed by atoms with Gasteiger partial charge in [0, 0.05) is 59.9 Å². The first kappa shape index (κ1) is 24.8. The van der Waals surface area contributed by atoms with E-state index in [9.17, 15) is 18.8 Å². The molecule has 0 saturated carbocycles. The van der Waals surface area contributed by atoms with Crippen LogP contribution >= 0.6 is 15.9 Å². The number of pyridine rings is 1. The average molecular weight is 562 g/mol. The lowest BCUT2D eigenvalue weighted by Gasteiger charge is -2.27. The van der Waals surface area contributed by atoms with Crippen molar-refractivity contribution in [1.82, 2.24) is 19.8 Å². The second kappa shape index (κ2) is 10.6. The maximum Gasteiger partial charge on any atom is 0.326 e. The van der Waals surface area contributed by atoms with E-state index >= 15 is 0 Å². The molecule has 186 valence electrons. The first-order chi connectivity index (χ1) is 17.9. The fourth-order valence-electron chi connectivity index (χ4n) is 4.65. The predicted molar refractivity (Wildman–Crippen MR) is 141 cm³/mol. The Hall–Kier alpha value is -3.87. The Morgan fingerprint density at radius 3 is 2.84 bits per heavy atom. The van der Waals surface area contributed by atoms with Crippen molar-refractivity contribution < 1.29 is 13.6 Å². The standard InChI is InChI=1S/C28H22BrF2N5O/c29-21-5-4-20(24(30)14-21)2-1-10-35-11-8-26-23(17-35)22-12-18(15-32)3-6-25(22)36(26)28(37)34-16-19-7-9-33-27(31)13-19/h1-7,9,12-14H,8,10-11,16-17H2,(H,34,37)/b2-1+. The molecule has 0 atom stereocenters. The van der Waals surface area contributed by atoms with Crippen LogP contribution in [0.3, 0.4) is 0 Å². The van der Waals surface area contributed by atoms with Crippen LogP contribution in [0.2, 0.25) is 0 Å². The minimum atomic E-state index is -0.600. The van der Waals surface area contributed by atoms with E-state index < -0.39 is 5.95 Å². The lowest BCUT2D eigenvalue weighted by atomic mass is 10.0. The summed E-state index contributed by atoms with van der Waals surface area (Å²) in [4.78, 5) is 19.0. The van der Waals surface area contributed by atoms with Gasteiger partial charge in [-0.25, -0.2) is 14.2 Å². The molecule has 0 bridgehead atoms. The Morgan fingerprint density at radius 1 is 1.19 bits per heavy atom. The molecule has 37 heavy (non-hydrogen) atoms. The molecule has 5 rings (SSSR count). The summed E-state index contributed by atoms with van der Waals surface area (Å²) < 4.78 is 29.9. The highest BCUT2D eigenvalue weighted by Gasteiger charge is 2.26. The second-order valence-electron chi connectivity index (χ2n) is 8.80. The maximum atomic E-state index is 14.1. The van der Waals surface area contributed by atoms with E-state index in [4.69, 9.17) is 0 Å². The molecule has 0 unspecified atom stereocenters. The summed E-state index contributed by atoms with van der Waals surface area (Å²) in [5, 5.41) is 13.2. The molecule has 0 fully saturated rings. The molecule has 0 radical (unpaired) electrons. The molecule has 1 amide bonds. The summed E-state index contributed by atoms with van der Waals surface area (Å²) in [5.41, 5.74) is 4.24. The van der Waals surface area contributed by atoms with Gasteiger partial charge in [0.25, 0.3) is 0 Å². The van der Waals surface area contributed by atoms with Gasteiger partial charge in [-0.15, -0.1) is 0 Å². The molecule has 0 spiro atoms. The summed E-state index contributed by atoms with van der Waals surface area (Å²) in [5.74, 6) is -0.893. The number of nitrogens with zero attached hydrogens (tertiary/aromatic N) is 4. The highest BCUT2D eigenvalue weighted by Crippen LogP contribution is 2.32. The minimum absolute atomic E-state index is 0.159. The number of halogens is 3. The maximum absolute atomic E-state index is 14.1. The van der Waals surface area contributed by atoms with Crippen LogP contribution in [0, 0.1) is 23.1 Å². The Kier molecular flexibility index (Phi) is 7.12. The second-order valence-corrected chi connectivity index (χ2v) is 9.72. The molecule has 0 saturated heterocycles. The summed E-state index contributed by atoms with van der Waals surface area (Å²) >= 11 is 3.27. The number of fused-ring (bicyclic) bond motifs is 3. The Bertz CT molecular complexity index is 1570. The van der Waals surface area contributed by atoms with Crippen LogP contribution in [0.1, 0.15) is 27.9 Å². The van der Waals surface area contributed by atoms with Crippen molar-refractivity contribution in [2.45, 2.75) is 19.5 Å². The third-order valence-electron chi connectivity index (χ3n) is 6.42. The van der Waals surface area contributed by atoms with E-state index in [0.29, 0.717) is 47.2 Å². The molecular weight excluding hydrogens is 540 g/mol. The van der Waals surface area contributed by atoms with Gasteiger partial charge in [0.15, 0.2) is 0 Å². The van der Waals surface area contributed by atoms with Crippen molar-refractivity contribution in [1.29, 1.82) is 5.26 Å². The smallest absolute Gasteiger partial charge is 0.326 e. The number of nitrogens with one attached hydrogen (secondary N) is 1. The lowest BCUT2D eigenvalue weighted by molar-refractivity contribution is 0.240. The number of aromatic nitrogens is 2. The highest BCUT2D eigenvalue weighted by molar-refractivity contribution is 9.10. The molecule has 9 heteroatoms. The summed E-state index contributed by atoms with van der Waals surface area (Å²) in [7, 11) is 0. The van der Waals surface area contributed by atoms with E-state index in [2.05, 4.69) is 37.2 Å². The number of nitriles is 1.